The molecule has 4 fully saturated rings. The van der Waals surface area contributed by atoms with Crippen molar-refractivity contribution < 1.29 is 0 Å². The van der Waals surface area contributed by atoms with Crippen molar-refractivity contribution in [3.05, 3.63) is 0 Å². The van der Waals surface area contributed by atoms with Gasteiger partial charge < -0.3 is 4.90 Å². The van der Waals surface area contributed by atoms with Crippen molar-refractivity contribution in [2.75, 3.05) is 58.9 Å². The molecular formula is C34H66N4. The second kappa shape index (κ2) is 11.6. The highest BCUT2D eigenvalue weighted by molar-refractivity contribution is 4.99. The van der Waals surface area contributed by atoms with E-state index in [9.17, 15) is 0 Å². The Morgan fingerprint density at radius 1 is 0.579 bits per heavy atom. The quantitative estimate of drug-likeness (QED) is 0.340. The summed E-state index contributed by atoms with van der Waals surface area (Å²) in [7, 11) is 0. The van der Waals surface area contributed by atoms with E-state index < -0.39 is 0 Å². The molecule has 1 atom stereocenters. The molecule has 0 N–H and O–H groups in total. The summed E-state index contributed by atoms with van der Waals surface area (Å²) in [6.45, 7) is 36.4. The molecule has 4 aliphatic heterocycles. The molecule has 4 heterocycles. The summed E-state index contributed by atoms with van der Waals surface area (Å²) in [6.07, 6.45) is 9.69. The first-order valence-electron chi connectivity index (χ1n) is 16.5. The highest BCUT2D eigenvalue weighted by Gasteiger charge is 2.43. The van der Waals surface area contributed by atoms with Crippen LogP contribution in [0.1, 0.15) is 114 Å². The Hall–Kier alpha value is -0.160. The van der Waals surface area contributed by atoms with Gasteiger partial charge in [-0.3, -0.25) is 14.7 Å². The van der Waals surface area contributed by atoms with Crippen molar-refractivity contribution in [3.63, 3.8) is 0 Å². The molecule has 0 aliphatic carbocycles. The van der Waals surface area contributed by atoms with E-state index in [4.69, 9.17) is 0 Å². The molecule has 0 saturated carbocycles. The number of hydrogen-bond donors (Lipinski definition) is 0. The van der Waals surface area contributed by atoms with Gasteiger partial charge in [-0.2, -0.15) is 0 Å². The summed E-state index contributed by atoms with van der Waals surface area (Å²) in [4.78, 5) is 11.1. The van der Waals surface area contributed by atoms with Crippen LogP contribution in [0.15, 0.2) is 0 Å². The largest absolute Gasteiger partial charge is 0.303 e. The number of rotatable bonds is 8. The van der Waals surface area contributed by atoms with Gasteiger partial charge in [0.1, 0.15) is 0 Å². The summed E-state index contributed by atoms with van der Waals surface area (Å²) >= 11 is 0. The predicted molar refractivity (Wildman–Crippen MR) is 165 cm³/mol. The molecule has 0 aromatic carbocycles. The number of nitrogens with zero attached hydrogens (tertiary/aromatic N) is 4. The minimum atomic E-state index is 0.333. The first-order chi connectivity index (χ1) is 17.5. The Kier molecular flexibility index (Phi) is 9.41. The SMILES string of the molecule is CC(C)(C)C1CCN(C2CN(C(C)(C)CCC(C)(C)C3CCN(C[C@@H]4CCN(C(C)(C)C)C4)CC3)C2)CC1. The minimum Gasteiger partial charge on any atom is -0.303 e. The van der Waals surface area contributed by atoms with E-state index in [1.807, 2.05) is 0 Å². The van der Waals surface area contributed by atoms with E-state index >= 15 is 0 Å². The van der Waals surface area contributed by atoms with Crippen LogP contribution in [-0.4, -0.2) is 95.6 Å². The molecule has 0 bridgehead atoms. The fourth-order valence-electron chi connectivity index (χ4n) is 8.15. The van der Waals surface area contributed by atoms with Crippen LogP contribution < -0.4 is 0 Å². The fourth-order valence-corrected chi connectivity index (χ4v) is 8.15. The Morgan fingerprint density at radius 3 is 1.68 bits per heavy atom. The van der Waals surface area contributed by atoms with Crippen LogP contribution in [0.5, 0.6) is 0 Å². The van der Waals surface area contributed by atoms with Crippen molar-refractivity contribution >= 4 is 0 Å². The van der Waals surface area contributed by atoms with Gasteiger partial charge >= 0.3 is 0 Å². The topological polar surface area (TPSA) is 13.0 Å². The number of piperidine rings is 2. The van der Waals surface area contributed by atoms with E-state index in [0.29, 0.717) is 21.9 Å². The molecule has 0 spiro atoms. The molecule has 0 radical (unpaired) electrons. The van der Waals surface area contributed by atoms with Gasteiger partial charge in [-0.25, -0.2) is 0 Å². The van der Waals surface area contributed by atoms with E-state index in [-0.39, 0.29) is 0 Å². The molecule has 0 unspecified atom stereocenters. The van der Waals surface area contributed by atoms with E-state index in [1.54, 1.807) is 0 Å². The predicted octanol–water partition coefficient (Wildman–Crippen LogP) is 6.85. The van der Waals surface area contributed by atoms with Crippen LogP contribution in [0.25, 0.3) is 0 Å². The molecule has 4 heteroatoms. The zero-order valence-corrected chi connectivity index (χ0v) is 27.4. The van der Waals surface area contributed by atoms with Gasteiger partial charge in [0.05, 0.1) is 0 Å². The second-order valence-corrected chi connectivity index (χ2v) is 17.4. The monoisotopic (exact) mass is 531 g/mol. The van der Waals surface area contributed by atoms with E-state index in [2.05, 4.69) is 88.8 Å². The highest BCUT2D eigenvalue weighted by Crippen LogP contribution is 2.42. The minimum absolute atomic E-state index is 0.333. The van der Waals surface area contributed by atoms with Gasteiger partial charge in [0.25, 0.3) is 0 Å². The third kappa shape index (κ3) is 7.56. The molecule has 0 aromatic heterocycles. The lowest BCUT2D eigenvalue weighted by Gasteiger charge is -2.55. The molecule has 0 aromatic rings. The van der Waals surface area contributed by atoms with Crippen molar-refractivity contribution in [3.8, 4) is 0 Å². The van der Waals surface area contributed by atoms with Crippen LogP contribution in [0.4, 0.5) is 0 Å². The highest BCUT2D eigenvalue weighted by atomic mass is 15.3. The van der Waals surface area contributed by atoms with Gasteiger partial charge in [-0.05, 0) is 141 Å². The fraction of sp³-hybridized carbons (Fsp3) is 1.00. The molecular weight excluding hydrogens is 464 g/mol. The van der Waals surface area contributed by atoms with Crippen LogP contribution in [0, 0.1) is 28.6 Å². The van der Waals surface area contributed by atoms with E-state index in [0.717, 1.165) is 23.8 Å². The second-order valence-electron chi connectivity index (χ2n) is 17.4. The maximum absolute atomic E-state index is 2.82. The average Bonchev–Trinajstić information content (AvgIpc) is 3.26. The number of hydrogen-bond acceptors (Lipinski definition) is 4. The molecule has 4 aliphatic rings. The zero-order chi connectivity index (χ0) is 27.9. The summed E-state index contributed by atoms with van der Waals surface area (Å²) in [5.41, 5.74) is 1.60. The van der Waals surface area contributed by atoms with Crippen LogP contribution in [0.2, 0.25) is 0 Å². The van der Waals surface area contributed by atoms with E-state index in [1.165, 1.54) is 104 Å². The van der Waals surface area contributed by atoms with Crippen molar-refractivity contribution in [1.82, 2.24) is 19.6 Å². The Balaban J connectivity index is 1.15. The first kappa shape index (κ1) is 30.8. The van der Waals surface area contributed by atoms with Crippen LogP contribution in [0.3, 0.4) is 0 Å². The number of likely N-dealkylation sites (tertiary alicyclic amines) is 4. The summed E-state index contributed by atoms with van der Waals surface area (Å²) in [6, 6.07) is 0.808. The zero-order valence-electron chi connectivity index (χ0n) is 27.4. The van der Waals surface area contributed by atoms with Crippen molar-refractivity contribution in [1.29, 1.82) is 0 Å². The lowest BCUT2D eigenvalue weighted by atomic mass is 9.69. The van der Waals surface area contributed by atoms with Gasteiger partial charge in [0, 0.05) is 43.3 Å². The maximum atomic E-state index is 2.82. The van der Waals surface area contributed by atoms with Crippen LogP contribution >= 0.6 is 0 Å². The molecule has 222 valence electrons. The molecule has 4 saturated heterocycles. The average molecular weight is 531 g/mol. The Morgan fingerprint density at radius 2 is 1.16 bits per heavy atom. The summed E-state index contributed by atoms with van der Waals surface area (Å²) < 4.78 is 0. The summed E-state index contributed by atoms with van der Waals surface area (Å²) in [5, 5.41) is 0. The molecule has 38 heavy (non-hydrogen) atoms. The molecule has 4 rings (SSSR count). The lowest BCUT2D eigenvalue weighted by molar-refractivity contribution is -0.0526. The van der Waals surface area contributed by atoms with Gasteiger partial charge in [0.2, 0.25) is 0 Å². The molecule has 0 amide bonds. The lowest BCUT2D eigenvalue weighted by Crippen LogP contribution is -2.66. The normalized spacial score (nSPS) is 27.8. The Labute approximate surface area is 238 Å². The van der Waals surface area contributed by atoms with Gasteiger partial charge in [-0.1, -0.05) is 34.6 Å². The third-order valence-electron chi connectivity index (χ3n) is 11.8. The van der Waals surface area contributed by atoms with Gasteiger partial charge in [-0.15, -0.1) is 0 Å². The van der Waals surface area contributed by atoms with Gasteiger partial charge in [0.15, 0.2) is 0 Å². The smallest absolute Gasteiger partial charge is 0.0350 e. The maximum Gasteiger partial charge on any atom is 0.0350 e. The summed E-state index contributed by atoms with van der Waals surface area (Å²) in [5.74, 6) is 2.67. The third-order valence-corrected chi connectivity index (χ3v) is 11.8. The van der Waals surface area contributed by atoms with Crippen LogP contribution in [-0.2, 0) is 0 Å². The van der Waals surface area contributed by atoms with Crippen molar-refractivity contribution in [2.45, 2.75) is 131 Å². The first-order valence-corrected chi connectivity index (χ1v) is 16.5. The van der Waals surface area contributed by atoms with Crippen molar-refractivity contribution in [2.24, 2.45) is 28.6 Å². The standard InChI is InChI=1S/C34H66N4/c1-31(2,3)28-14-20-36(21-15-28)30-25-38(26-30)34(9,10)17-16-33(7,8)29-12-18-35(19-13-29)23-27-11-22-37(24-27)32(4,5)6/h27-30H,11-26H2,1-10H3/t27-/m0/s1. The Bertz CT molecular complexity index is 737. The molecule has 4 nitrogen and oxygen atoms in total.